The summed E-state index contributed by atoms with van der Waals surface area (Å²) in [7, 11) is 0. The molecule has 0 spiro atoms. The molecule has 9 rings (SSSR count). The number of para-hydroxylation sites is 2. The third-order valence-electron chi connectivity index (χ3n) is 8.75. The molecule has 0 unspecified atom stereocenters. The van der Waals surface area contributed by atoms with Gasteiger partial charge in [0.05, 0.1) is 11.3 Å². The van der Waals surface area contributed by atoms with Crippen molar-refractivity contribution in [2.45, 2.75) is 19.3 Å². The number of pyridine rings is 2. The number of ether oxygens (including phenoxy) is 1. The van der Waals surface area contributed by atoms with Crippen LogP contribution in [-0.4, -0.2) is 9.97 Å². The average molecular weight is 799 g/mol. The Morgan fingerprint density at radius 1 is 0.583 bits per heavy atom. The normalized spacial score (nSPS) is 12.5. The van der Waals surface area contributed by atoms with Crippen molar-refractivity contribution in [3.8, 4) is 45.1 Å². The maximum atomic E-state index is 6.22. The number of hydrogen-bond donors (Lipinski definition) is 0. The number of hydrogen-bond acceptors (Lipinski definition) is 4. The molecule has 0 saturated carbocycles. The van der Waals surface area contributed by atoms with E-state index in [4.69, 9.17) is 14.1 Å². The molecule has 0 atom stereocenters. The van der Waals surface area contributed by atoms with Gasteiger partial charge in [0, 0.05) is 37.9 Å². The van der Waals surface area contributed by atoms with Gasteiger partial charge in [-0.15, -0.1) is 42.0 Å². The minimum Gasteiger partial charge on any atom is -0.501 e. The number of furan rings is 1. The Balaban J connectivity index is 0.000000159. The molecule has 0 N–H and O–H groups in total. The van der Waals surface area contributed by atoms with Crippen LogP contribution in [0, 0.1) is 12.1 Å². The zero-order valence-electron chi connectivity index (χ0n) is 26.4. The molecule has 5 heteroatoms. The van der Waals surface area contributed by atoms with Crippen LogP contribution in [0.25, 0.3) is 55.6 Å². The van der Waals surface area contributed by atoms with E-state index >= 15 is 0 Å². The van der Waals surface area contributed by atoms with Gasteiger partial charge in [0.1, 0.15) is 11.3 Å². The summed E-state index contributed by atoms with van der Waals surface area (Å²) < 4.78 is 12.2. The predicted octanol–water partition coefficient (Wildman–Crippen LogP) is 11.1. The molecule has 235 valence electrons. The molecular weight excluding hydrogens is 769 g/mol. The van der Waals surface area contributed by atoms with Gasteiger partial charge in [-0.25, -0.2) is 0 Å². The van der Waals surface area contributed by atoms with Gasteiger partial charge in [-0.1, -0.05) is 121 Å². The van der Waals surface area contributed by atoms with Crippen LogP contribution < -0.4 is 4.74 Å². The van der Waals surface area contributed by atoms with E-state index < -0.39 is 0 Å². The van der Waals surface area contributed by atoms with Crippen molar-refractivity contribution in [3.63, 3.8) is 0 Å². The third kappa shape index (κ3) is 5.62. The van der Waals surface area contributed by atoms with Crippen LogP contribution in [0.2, 0.25) is 0 Å². The minimum atomic E-state index is -0.197. The maximum Gasteiger partial charge on any atom is 0.128 e. The van der Waals surface area contributed by atoms with Crippen LogP contribution in [-0.2, 0) is 25.5 Å². The van der Waals surface area contributed by atoms with E-state index in [9.17, 15) is 0 Å². The fourth-order valence-electron chi connectivity index (χ4n) is 6.45. The first kappa shape index (κ1) is 31.3. The molecular formula is C43H30IrN2O2-2. The summed E-state index contributed by atoms with van der Waals surface area (Å²) in [5, 5.41) is 2.23. The average Bonchev–Trinajstić information content (AvgIpc) is 3.52. The van der Waals surface area contributed by atoms with Gasteiger partial charge >= 0.3 is 0 Å². The number of benzene rings is 5. The first-order chi connectivity index (χ1) is 23.1. The number of rotatable bonds is 3. The number of aromatic nitrogens is 2. The molecule has 1 radical (unpaired) electrons. The van der Waals surface area contributed by atoms with Gasteiger partial charge in [-0.3, -0.25) is 0 Å². The predicted molar refractivity (Wildman–Crippen MR) is 188 cm³/mol. The molecule has 48 heavy (non-hydrogen) atoms. The van der Waals surface area contributed by atoms with Crippen molar-refractivity contribution < 1.29 is 29.3 Å². The summed E-state index contributed by atoms with van der Waals surface area (Å²) >= 11 is 0. The maximum absolute atomic E-state index is 6.22. The second kappa shape index (κ2) is 13.0. The van der Waals surface area contributed by atoms with Crippen LogP contribution in [0.1, 0.15) is 25.0 Å². The van der Waals surface area contributed by atoms with Gasteiger partial charge in [0.25, 0.3) is 0 Å². The van der Waals surface area contributed by atoms with Gasteiger partial charge in [0.2, 0.25) is 0 Å². The van der Waals surface area contributed by atoms with Crippen molar-refractivity contribution in [2.75, 3.05) is 0 Å². The summed E-state index contributed by atoms with van der Waals surface area (Å²) in [5.74, 6) is 1.80. The molecule has 0 aliphatic carbocycles. The molecule has 1 aliphatic rings. The fourth-order valence-corrected chi connectivity index (χ4v) is 6.45. The van der Waals surface area contributed by atoms with Crippen LogP contribution in [0.5, 0.6) is 11.5 Å². The number of nitrogens with zero attached hydrogens (tertiary/aromatic N) is 2. The standard InChI is InChI=1S/C26H20NO.C17H10NO.Ir/c1-26(2)21-12-6-7-13-23(21)28-24-14-8-11-20(25(24)26)22-16-15-19(17-27-22)18-9-4-3-5-10-18;1-2-10-16-12(6-1)13-7-5-8-14(17(13)19-16)15-9-3-4-11-18-15;/h3-10,12-17H,1-2H3;1-7,9-11H;/q2*-1;. The molecule has 0 saturated heterocycles. The summed E-state index contributed by atoms with van der Waals surface area (Å²) in [6, 6.07) is 51.2. The quantitative estimate of drug-likeness (QED) is 0.167. The van der Waals surface area contributed by atoms with E-state index in [0.717, 1.165) is 67.1 Å². The second-order valence-electron chi connectivity index (χ2n) is 12.0. The van der Waals surface area contributed by atoms with Crippen LogP contribution >= 0.6 is 0 Å². The van der Waals surface area contributed by atoms with Crippen molar-refractivity contribution in [2.24, 2.45) is 0 Å². The Bertz CT molecular complexity index is 2350. The van der Waals surface area contributed by atoms with Crippen LogP contribution in [0.3, 0.4) is 0 Å². The smallest absolute Gasteiger partial charge is 0.128 e. The Labute approximate surface area is 293 Å². The van der Waals surface area contributed by atoms with E-state index in [0.29, 0.717) is 0 Å². The monoisotopic (exact) mass is 799 g/mol. The topological polar surface area (TPSA) is 48.2 Å². The molecule has 0 bridgehead atoms. The first-order valence-electron chi connectivity index (χ1n) is 15.7. The second-order valence-corrected chi connectivity index (χ2v) is 12.0. The summed E-state index contributed by atoms with van der Waals surface area (Å²) in [5.41, 5.74) is 9.84. The van der Waals surface area contributed by atoms with Crippen LogP contribution in [0.4, 0.5) is 0 Å². The zero-order valence-corrected chi connectivity index (χ0v) is 28.8. The first-order valence-corrected chi connectivity index (χ1v) is 15.7. The molecule has 4 heterocycles. The Hall–Kier alpha value is -5.35. The van der Waals surface area contributed by atoms with E-state index in [-0.39, 0.29) is 25.5 Å². The molecule has 1 aliphatic heterocycles. The van der Waals surface area contributed by atoms with Gasteiger partial charge in [-0.05, 0) is 51.7 Å². The summed E-state index contributed by atoms with van der Waals surface area (Å²) in [4.78, 5) is 9.15. The summed E-state index contributed by atoms with van der Waals surface area (Å²) in [6.45, 7) is 4.48. The van der Waals surface area contributed by atoms with E-state index in [1.165, 1.54) is 11.1 Å². The van der Waals surface area contributed by atoms with E-state index in [2.05, 4.69) is 73.4 Å². The molecule has 4 nitrogen and oxygen atoms in total. The zero-order chi connectivity index (χ0) is 31.8. The third-order valence-corrected chi connectivity index (χ3v) is 8.75. The van der Waals surface area contributed by atoms with Crippen molar-refractivity contribution >= 4 is 21.9 Å². The van der Waals surface area contributed by atoms with Gasteiger partial charge in [-0.2, -0.15) is 0 Å². The molecule has 8 aromatic rings. The SMILES string of the molecule is CC1(C)c2ccccc2Oc2cc[c-]c(-c3ccc(-c4ccccc4)cn3)c21.[Ir].[c-]1ccc2c(oc3ccccc32)c1-c1ccccn1. The van der Waals surface area contributed by atoms with Crippen molar-refractivity contribution in [3.05, 3.63) is 169 Å². The van der Waals surface area contributed by atoms with Gasteiger partial charge in [0.15, 0.2) is 0 Å². The number of fused-ring (bicyclic) bond motifs is 5. The largest absolute Gasteiger partial charge is 0.501 e. The van der Waals surface area contributed by atoms with Crippen molar-refractivity contribution in [1.29, 1.82) is 0 Å². The van der Waals surface area contributed by atoms with E-state index in [1.807, 2.05) is 97.2 Å². The molecule has 3 aromatic heterocycles. The fraction of sp³-hybridized carbons (Fsp3) is 0.0698. The van der Waals surface area contributed by atoms with E-state index in [1.54, 1.807) is 6.20 Å². The Morgan fingerprint density at radius 3 is 2.12 bits per heavy atom. The molecule has 5 aromatic carbocycles. The summed E-state index contributed by atoms with van der Waals surface area (Å²) in [6.07, 6.45) is 3.72. The van der Waals surface area contributed by atoms with Crippen LogP contribution in [0.15, 0.2) is 150 Å². The van der Waals surface area contributed by atoms with Crippen molar-refractivity contribution in [1.82, 2.24) is 9.97 Å². The minimum absolute atomic E-state index is 0. The molecule has 0 amide bonds. The van der Waals surface area contributed by atoms with Gasteiger partial charge < -0.3 is 19.1 Å². The Kier molecular flexibility index (Phi) is 8.49. The molecule has 0 fully saturated rings. The Morgan fingerprint density at radius 2 is 1.31 bits per heavy atom.